The van der Waals surface area contributed by atoms with Crippen molar-refractivity contribution < 1.29 is 14.6 Å². The van der Waals surface area contributed by atoms with E-state index in [0.717, 1.165) is 25.7 Å². The van der Waals surface area contributed by atoms with Crippen LogP contribution >= 0.6 is 0 Å². The van der Waals surface area contributed by atoms with Crippen molar-refractivity contribution >= 4 is 5.97 Å². The van der Waals surface area contributed by atoms with Crippen molar-refractivity contribution in [1.82, 2.24) is 0 Å². The van der Waals surface area contributed by atoms with Crippen LogP contribution in [0.2, 0.25) is 0 Å². The lowest BCUT2D eigenvalue weighted by Crippen LogP contribution is -2.23. The third-order valence-electron chi connectivity index (χ3n) is 2.41. The highest BCUT2D eigenvalue weighted by molar-refractivity contribution is 5.72. The quantitative estimate of drug-likeness (QED) is 0.679. The molecule has 0 aromatic rings. The number of aliphatic hydroxyl groups is 1. The summed E-state index contributed by atoms with van der Waals surface area (Å²) in [5.41, 5.74) is 0. The summed E-state index contributed by atoms with van der Waals surface area (Å²) >= 11 is 0. The average Bonchev–Trinajstić information content (AvgIpc) is 2.15. The third kappa shape index (κ3) is 3.77. The number of hydrogen-bond donors (Lipinski definition) is 1. The Hall–Kier alpha value is -0.570. The molecule has 0 saturated heterocycles. The fourth-order valence-electron chi connectivity index (χ4n) is 1.66. The number of aliphatic hydroxyl groups excluding tert-OH is 1. The lowest BCUT2D eigenvalue weighted by molar-refractivity contribution is -0.152. The molecule has 0 aromatic heterocycles. The minimum Gasteiger partial charge on any atom is -0.463 e. The molecule has 0 amide bonds. The fraction of sp³-hybridized carbons (Fsp3) is 0.900. The maximum Gasteiger partial charge on any atom is 0.309 e. The van der Waals surface area contributed by atoms with Crippen LogP contribution in [0.3, 0.4) is 0 Å². The van der Waals surface area contributed by atoms with Gasteiger partial charge in [0.05, 0.1) is 12.0 Å². The van der Waals surface area contributed by atoms with Crippen LogP contribution in [0, 0.1) is 5.92 Å². The molecule has 3 heteroatoms. The number of carbonyl (C=O) groups is 1. The molecule has 0 bridgehead atoms. The average molecular weight is 186 g/mol. The number of rotatable bonds is 3. The molecule has 0 aromatic carbocycles. The first-order valence-corrected chi connectivity index (χ1v) is 5.05. The van der Waals surface area contributed by atoms with Crippen LogP contribution in [0.5, 0.6) is 0 Å². The van der Waals surface area contributed by atoms with Crippen LogP contribution < -0.4 is 0 Å². The van der Waals surface area contributed by atoms with Gasteiger partial charge >= 0.3 is 5.97 Å². The van der Waals surface area contributed by atoms with Crippen LogP contribution in [0.1, 0.15) is 39.0 Å². The van der Waals surface area contributed by atoms with E-state index < -0.39 is 6.10 Å². The van der Waals surface area contributed by atoms with E-state index in [1.165, 1.54) is 6.42 Å². The van der Waals surface area contributed by atoms with E-state index >= 15 is 0 Å². The number of ether oxygens (including phenoxy) is 1. The van der Waals surface area contributed by atoms with Crippen molar-refractivity contribution in [2.75, 3.05) is 6.61 Å². The van der Waals surface area contributed by atoms with Gasteiger partial charge in [-0.15, -0.1) is 0 Å². The van der Waals surface area contributed by atoms with Crippen molar-refractivity contribution in [3.05, 3.63) is 0 Å². The largest absolute Gasteiger partial charge is 0.463 e. The fourth-order valence-corrected chi connectivity index (χ4v) is 1.66. The zero-order valence-electron chi connectivity index (χ0n) is 8.16. The van der Waals surface area contributed by atoms with E-state index in [9.17, 15) is 4.79 Å². The minimum atomic E-state index is -0.549. The zero-order chi connectivity index (χ0) is 9.68. The second-order valence-electron chi connectivity index (χ2n) is 3.81. The van der Waals surface area contributed by atoms with E-state index in [0.29, 0.717) is 0 Å². The third-order valence-corrected chi connectivity index (χ3v) is 2.41. The summed E-state index contributed by atoms with van der Waals surface area (Å²) in [6.07, 6.45) is 4.87. The first kappa shape index (κ1) is 10.5. The van der Waals surface area contributed by atoms with Gasteiger partial charge in [-0.05, 0) is 19.8 Å². The predicted octanol–water partition coefficient (Wildman–Crippen LogP) is 1.49. The van der Waals surface area contributed by atoms with Gasteiger partial charge in [0.15, 0.2) is 0 Å². The molecule has 1 N–H and O–H groups in total. The van der Waals surface area contributed by atoms with Crippen LogP contribution in [-0.4, -0.2) is 23.8 Å². The molecule has 1 fully saturated rings. The lowest BCUT2D eigenvalue weighted by Gasteiger charge is -2.20. The highest BCUT2D eigenvalue weighted by Gasteiger charge is 2.22. The summed E-state index contributed by atoms with van der Waals surface area (Å²) in [6.45, 7) is 1.75. The van der Waals surface area contributed by atoms with Gasteiger partial charge < -0.3 is 9.84 Å². The van der Waals surface area contributed by atoms with Gasteiger partial charge in [0.2, 0.25) is 0 Å². The molecule has 0 unspecified atom stereocenters. The molecule has 1 aliphatic rings. The highest BCUT2D eigenvalue weighted by Crippen LogP contribution is 2.24. The van der Waals surface area contributed by atoms with Crippen molar-refractivity contribution in [3.8, 4) is 0 Å². The molecule has 1 aliphatic carbocycles. The van der Waals surface area contributed by atoms with Gasteiger partial charge in [0.1, 0.15) is 6.61 Å². The van der Waals surface area contributed by atoms with Crippen molar-refractivity contribution in [1.29, 1.82) is 0 Å². The van der Waals surface area contributed by atoms with Crippen LogP contribution in [0.15, 0.2) is 0 Å². The normalized spacial score (nSPS) is 21.1. The van der Waals surface area contributed by atoms with E-state index in [-0.39, 0.29) is 18.5 Å². The molecular formula is C10H18O3. The summed E-state index contributed by atoms with van der Waals surface area (Å²) < 4.78 is 4.95. The van der Waals surface area contributed by atoms with Crippen molar-refractivity contribution in [3.63, 3.8) is 0 Å². The van der Waals surface area contributed by atoms with E-state index in [2.05, 4.69) is 0 Å². The van der Waals surface area contributed by atoms with Crippen molar-refractivity contribution in [2.24, 2.45) is 5.92 Å². The van der Waals surface area contributed by atoms with E-state index in [4.69, 9.17) is 9.84 Å². The summed E-state index contributed by atoms with van der Waals surface area (Å²) in [7, 11) is 0. The van der Waals surface area contributed by atoms with E-state index in [1.54, 1.807) is 6.92 Å². The molecule has 0 spiro atoms. The molecule has 0 aliphatic heterocycles. The van der Waals surface area contributed by atoms with Gasteiger partial charge in [-0.25, -0.2) is 0 Å². The minimum absolute atomic E-state index is 0.0903. The van der Waals surface area contributed by atoms with Crippen LogP contribution in [0.25, 0.3) is 0 Å². The number of carbonyl (C=O) groups excluding carboxylic acids is 1. The van der Waals surface area contributed by atoms with Crippen LogP contribution in [0.4, 0.5) is 0 Å². The molecule has 3 nitrogen and oxygen atoms in total. The molecule has 13 heavy (non-hydrogen) atoms. The Balaban J connectivity index is 2.21. The van der Waals surface area contributed by atoms with Gasteiger partial charge in [-0.2, -0.15) is 0 Å². The standard InChI is InChI=1S/C10H18O3/c1-8(11)7-13-10(12)9-5-3-2-4-6-9/h8-9,11H,2-7H2,1H3/t8-/m1/s1. The second-order valence-corrected chi connectivity index (χ2v) is 3.81. The molecule has 0 heterocycles. The van der Waals surface area contributed by atoms with Gasteiger partial charge in [0.25, 0.3) is 0 Å². The number of esters is 1. The zero-order valence-corrected chi connectivity index (χ0v) is 8.16. The maximum absolute atomic E-state index is 11.4. The van der Waals surface area contributed by atoms with E-state index in [1.807, 2.05) is 0 Å². The van der Waals surface area contributed by atoms with Gasteiger partial charge in [-0.3, -0.25) is 4.79 Å². The second kappa shape index (κ2) is 5.22. The first-order chi connectivity index (χ1) is 6.20. The highest BCUT2D eigenvalue weighted by atomic mass is 16.5. The Bertz CT molecular complexity index is 160. The summed E-state index contributed by atoms with van der Waals surface area (Å²) in [4.78, 5) is 11.4. The number of hydrogen-bond acceptors (Lipinski definition) is 3. The Morgan fingerprint density at radius 1 is 1.46 bits per heavy atom. The first-order valence-electron chi connectivity index (χ1n) is 5.05. The summed E-state index contributed by atoms with van der Waals surface area (Å²) in [5.74, 6) is -0.0342. The molecule has 1 atom stereocenters. The maximum atomic E-state index is 11.4. The lowest BCUT2D eigenvalue weighted by atomic mass is 9.89. The predicted molar refractivity (Wildman–Crippen MR) is 49.2 cm³/mol. The Morgan fingerprint density at radius 2 is 2.08 bits per heavy atom. The summed E-state index contributed by atoms with van der Waals surface area (Å²) in [6, 6.07) is 0. The molecule has 76 valence electrons. The monoisotopic (exact) mass is 186 g/mol. The van der Waals surface area contributed by atoms with Crippen LogP contribution in [-0.2, 0) is 9.53 Å². The van der Waals surface area contributed by atoms with Crippen molar-refractivity contribution in [2.45, 2.75) is 45.1 Å². The Morgan fingerprint density at radius 3 is 2.62 bits per heavy atom. The summed E-state index contributed by atoms with van der Waals surface area (Å²) in [5, 5.41) is 8.92. The molecule has 1 rings (SSSR count). The molecular weight excluding hydrogens is 168 g/mol. The molecule has 1 saturated carbocycles. The Labute approximate surface area is 79.1 Å². The van der Waals surface area contributed by atoms with Gasteiger partial charge in [-0.1, -0.05) is 19.3 Å². The Kier molecular flexibility index (Phi) is 4.22. The smallest absolute Gasteiger partial charge is 0.309 e. The molecule has 0 radical (unpaired) electrons. The topological polar surface area (TPSA) is 46.5 Å². The SMILES string of the molecule is C[C@@H](O)COC(=O)C1CCCCC1. The van der Waals surface area contributed by atoms with Gasteiger partial charge in [0, 0.05) is 0 Å².